The summed E-state index contributed by atoms with van der Waals surface area (Å²) in [6.07, 6.45) is 2.57. The molecule has 2 aromatic rings. The van der Waals surface area contributed by atoms with E-state index in [9.17, 15) is 18.0 Å². The predicted molar refractivity (Wildman–Crippen MR) is 97.8 cm³/mol. The summed E-state index contributed by atoms with van der Waals surface area (Å²) < 4.78 is 35.2. The Hall–Kier alpha value is -1.75. The van der Waals surface area contributed by atoms with Gasteiger partial charge in [0.2, 0.25) is 10.0 Å². The van der Waals surface area contributed by atoms with Crippen molar-refractivity contribution in [1.29, 1.82) is 0 Å². The summed E-state index contributed by atoms with van der Waals surface area (Å²) in [6.45, 7) is 0.942. The molecule has 1 fully saturated rings. The summed E-state index contributed by atoms with van der Waals surface area (Å²) >= 11 is 1.45. The van der Waals surface area contributed by atoms with Gasteiger partial charge in [0.25, 0.3) is 5.56 Å². The maximum absolute atomic E-state index is 13.2. The Morgan fingerprint density at radius 1 is 1.35 bits per heavy atom. The zero-order valence-corrected chi connectivity index (χ0v) is 16.3. The minimum Gasteiger partial charge on any atom is -0.377 e. The van der Waals surface area contributed by atoms with Crippen molar-refractivity contribution in [2.24, 2.45) is 14.1 Å². The van der Waals surface area contributed by atoms with E-state index in [1.54, 1.807) is 0 Å². The van der Waals surface area contributed by atoms with E-state index >= 15 is 0 Å². The zero-order chi connectivity index (χ0) is 18.9. The molecule has 0 aliphatic carbocycles. The van der Waals surface area contributed by atoms with E-state index in [-0.39, 0.29) is 19.2 Å². The van der Waals surface area contributed by atoms with Crippen molar-refractivity contribution in [3.8, 4) is 0 Å². The minimum absolute atomic E-state index is 0.159. The maximum atomic E-state index is 13.2. The molecule has 26 heavy (non-hydrogen) atoms. The van der Waals surface area contributed by atoms with Crippen LogP contribution in [0, 0.1) is 0 Å². The Labute approximate surface area is 155 Å². The van der Waals surface area contributed by atoms with Gasteiger partial charge in [0.15, 0.2) is 4.90 Å². The molecule has 1 aliphatic heterocycles. The first-order valence-corrected chi connectivity index (χ1v) is 10.5. The molecule has 8 nitrogen and oxygen atoms in total. The highest BCUT2D eigenvalue weighted by Gasteiger charge is 2.32. The van der Waals surface area contributed by atoms with Gasteiger partial charge < -0.3 is 9.30 Å². The molecule has 3 heterocycles. The molecular formula is C16H21N3O5S2. The molecule has 2 aromatic heterocycles. The number of aromatic nitrogens is 2. The van der Waals surface area contributed by atoms with Gasteiger partial charge in [-0.1, -0.05) is 6.07 Å². The lowest BCUT2D eigenvalue weighted by atomic mass is 10.2. The first-order valence-electron chi connectivity index (χ1n) is 8.21. The highest BCUT2D eigenvalue weighted by atomic mass is 32.2. The highest BCUT2D eigenvalue weighted by Crippen LogP contribution is 2.22. The smallest absolute Gasteiger partial charge is 0.330 e. The Kier molecular flexibility index (Phi) is 5.47. The van der Waals surface area contributed by atoms with E-state index in [1.165, 1.54) is 29.7 Å². The lowest BCUT2D eigenvalue weighted by Gasteiger charge is -2.24. The average Bonchev–Trinajstić information content (AvgIpc) is 3.29. The number of aryl methyl sites for hydroxylation is 1. The molecule has 0 N–H and O–H groups in total. The number of hydrogen-bond acceptors (Lipinski definition) is 6. The van der Waals surface area contributed by atoms with E-state index in [0.29, 0.717) is 6.61 Å². The van der Waals surface area contributed by atoms with Crippen LogP contribution in [0.4, 0.5) is 0 Å². The monoisotopic (exact) mass is 399 g/mol. The fourth-order valence-corrected chi connectivity index (χ4v) is 5.33. The van der Waals surface area contributed by atoms with Gasteiger partial charge in [-0.25, -0.2) is 13.2 Å². The summed E-state index contributed by atoms with van der Waals surface area (Å²) in [5.41, 5.74) is -1.39. The summed E-state index contributed by atoms with van der Waals surface area (Å²) in [7, 11) is -1.40. The molecular weight excluding hydrogens is 378 g/mol. The maximum Gasteiger partial charge on any atom is 0.330 e. The molecule has 142 valence electrons. The molecule has 1 aliphatic rings. The first-order chi connectivity index (χ1) is 12.3. The van der Waals surface area contributed by atoms with Crippen LogP contribution in [0.15, 0.2) is 38.2 Å². The van der Waals surface area contributed by atoms with Gasteiger partial charge in [-0.3, -0.25) is 9.36 Å². The lowest BCUT2D eigenvalue weighted by molar-refractivity contribution is 0.0927. The molecule has 0 spiro atoms. The third-order valence-corrected chi connectivity index (χ3v) is 7.03. The van der Waals surface area contributed by atoms with Crippen molar-refractivity contribution in [3.05, 3.63) is 49.4 Å². The molecule has 0 saturated carbocycles. The number of hydrogen-bond donors (Lipinski definition) is 0. The molecule has 0 radical (unpaired) electrons. The normalized spacial score (nSPS) is 17.9. The molecule has 1 atom stereocenters. The van der Waals surface area contributed by atoms with Crippen molar-refractivity contribution >= 4 is 21.4 Å². The van der Waals surface area contributed by atoms with E-state index in [4.69, 9.17) is 4.74 Å². The summed E-state index contributed by atoms with van der Waals surface area (Å²) in [5.74, 6) is 0. The summed E-state index contributed by atoms with van der Waals surface area (Å²) in [5, 5.41) is 1.87. The van der Waals surface area contributed by atoms with Gasteiger partial charge in [0.1, 0.15) is 0 Å². The zero-order valence-electron chi connectivity index (χ0n) is 14.6. The van der Waals surface area contributed by atoms with Crippen molar-refractivity contribution in [3.63, 3.8) is 0 Å². The third-order valence-electron chi connectivity index (χ3n) is 4.38. The highest BCUT2D eigenvalue weighted by molar-refractivity contribution is 7.89. The van der Waals surface area contributed by atoms with E-state index in [1.807, 2.05) is 17.5 Å². The summed E-state index contributed by atoms with van der Waals surface area (Å²) in [4.78, 5) is 24.8. The van der Waals surface area contributed by atoms with Crippen LogP contribution >= 0.6 is 11.3 Å². The number of sulfonamides is 1. The Morgan fingerprint density at radius 2 is 2.12 bits per heavy atom. The Balaban J connectivity index is 2.03. The van der Waals surface area contributed by atoms with Crippen LogP contribution in [0.2, 0.25) is 0 Å². The average molecular weight is 399 g/mol. The summed E-state index contributed by atoms with van der Waals surface area (Å²) in [6, 6.07) is 3.70. The van der Waals surface area contributed by atoms with Crippen LogP contribution in [0.25, 0.3) is 0 Å². The molecule has 3 rings (SSSR count). The van der Waals surface area contributed by atoms with E-state index < -0.39 is 26.2 Å². The molecule has 1 unspecified atom stereocenters. The minimum atomic E-state index is -4.09. The third kappa shape index (κ3) is 3.68. The number of thiophene rings is 1. The Morgan fingerprint density at radius 3 is 2.73 bits per heavy atom. The van der Waals surface area contributed by atoms with Crippen molar-refractivity contribution < 1.29 is 13.2 Å². The first kappa shape index (κ1) is 19.0. The lowest BCUT2D eigenvalue weighted by Crippen LogP contribution is -2.44. The largest absolute Gasteiger partial charge is 0.377 e. The quantitative estimate of drug-likeness (QED) is 0.706. The second-order valence-electron chi connectivity index (χ2n) is 6.26. The fourth-order valence-electron chi connectivity index (χ4n) is 2.93. The number of ether oxygens (including phenoxy) is 1. The molecule has 0 bridgehead atoms. The van der Waals surface area contributed by atoms with Crippen molar-refractivity contribution in [1.82, 2.24) is 13.4 Å². The standard InChI is InChI=1S/C16H21N3O5S2/c1-17-11-14(15(20)18(2)16(17)21)26(22,23)19(9-12-5-3-7-24-12)10-13-6-4-8-25-13/h4,6,8,11-12H,3,5,7,9-10H2,1-2H3. The van der Waals surface area contributed by atoms with Gasteiger partial charge in [-0.15, -0.1) is 11.3 Å². The van der Waals surface area contributed by atoms with Crippen LogP contribution in [0.1, 0.15) is 17.7 Å². The van der Waals surface area contributed by atoms with Crippen LogP contribution < -0.4 is 11.2 Å². The van der Waals surface area contributed by atoms with Crippen LogP contribution in [-0.4, -0.2) is 41.1 Å². The second-order valence-corrected chi connectivity index (χ2v) is 9.20. The van der Waals surface area contributed by atoms with Crippen LogP contribution in [0.5, 0.6) is 0 Å². The second kappa shape index (κ2) is 7.47. The van der Waals surface area contributed by atoms with Crippen molar-refractivity contribution in [2.45, 2.75) is 30.4 Å². The number of rotatable bonds is 6. The molecule has 10 heteroatoms. The fraction of sp³-hybridized carbons (Fsp3) is 0.500. The van der Waals surface area contributed by atoms with Crippen LogP contribution in [0.3, 0.4) is 0 Å². The van der Waals surface area contributed by atoms with Gasteiger partial charge >= 0.3 is 5.69 Å². The van der Waals surface area contributed by atoms with Gasteiger partial charge in [0, 0.05) is 44.9 Å². The Bertz CT molecular complexity index is 986. The molecule has 0 amide bonds. The van der Waals surface area contributed by atoms with E-state index in [0.717, 1.165) is 33.0 Å². The molecule has 0 aromatic carbocycles. The predicted octanol–water partition coefficient (Wildman–Crippen LogP) is 0.515. The van der Waals surface area contributed by atoms with Gasteiger partial charge in [0.05, 0.1) is 6.10 Å². The topological polar surface area (TPSA) is 90.6 Å². The number of nitrogens with zero attached hydrogens (tertiary/aromatic N) is 3. The van der Waals surface area contributed by atoms with Gasteiger partial charge in [-0.2, -0.15) is 4.31 Å². The van der Waals surface area contributed by atoms with Gasteiger partial charge in [-0.05, 0) is 24.3 Å². The van der Waals surface area contributed by atoms with E-state index in [2.05, 4.69) is 0 Å². The SMILES string of the molecule is Cn1cc(S(=O)(=O)N(Cc2cccs2)CC2CCCO2)c(=O)n(C)c1=O. The molecule has 1 saturated heterocycles. The van der Waals surface area contributed by atoms with Crippen LogP contribution in [-0.2, 0) is 35.4 Å². The van der Waals surface area contributed by atoms with Crippen molar-refractivity contribution in [2.75, 3.05) is 13.2 Å².